The SMILES string of the molecule is CCCCCCCCCCc1cnc(-c2ccc(CCC[C@@H](F)CCCCCC)cc2)nc1. The van der Waals surface area contributed by atoms with Gasteiger partial charge in [-0.25, -0.2) is 14.4 Å². The third kappa shape index (κ3) is 12.3. The van der Waals surface area contributed by atoms with Gasteiger partial charge in [-0.15, -0.1) is 0 Å². The fourth-order valence-electron chi connectivity index (χ4n) is 4.38. The molecule has 1 aromatic carbocycles. The van der Waals surface area contributed by atoms with Crippen LogP contribution < -0.4 is 0 Å². The average Bonchev–Trinajstić information content (AvgIpc) is 2.84. The summed E-state index contributed by atoms with van der Waals surface area (Å²) in [5.41, 5.74) is 3.55. The molecular formula is C30H47FN2. The fraction of sp³-hybridized carbons (Fsp3) is 0.667. The predicted octanol–water partition coefficient (Wildman–Crippen LogP) is 9.46. The standard InChI is InChI=1S/C30H47FN2/c1-3-5-7-9-10-11-12-13-16-27-24-32-30(33-25-27)28-22-20-26(21-23-28)17-15-19-29(31)18-14-8-6-4-2/h20-25,29H,3-19H2,1-2H3/t29-/m0/s1. The first kappa shape index (κ1) is 27.5. The lowest BCUT2D eigenvalue weighted by molar-refractivity contribution is 0.282. The van der Waals surface area contributed by atoms with Crippen LogP contribution in [-0.2, 0) is 12.8 Å². The van der Waals surface area contributed by atoms with Crippen molar-refractivity contribution in [1.29, 1.82) is 0 Å². The third-order valence-corrected chi connectivity index (χ3v) is 6.59. The summed E-state index contributed by atoms with van der Waals surface area (Å²) in [5.74, 6) is 0.789. The van der Waals surface area contributed by atoms with Gasteiger partial charge in [0.15, 0.2) is 5.82 Å². The molecule has 1 atom stereocenters. The van der Waals surface area contributed by atoms with Crippen molar-refractivity contribution in [2.45, 2.75) is 129 Å². The van der Waals surface area contributed by atoms with Crippen LogP contribution in [0.1, 0.15) is 121 Å². The molecule has 0 amide bonds. The zero-order chi connectivity index (χ0) is 23.6. The minimum atomic E-state index is -0.640. The number of halogens is 1. The Morgan fingerprint density at radius 1 is 0.606 bits per heavy atom. The summed E-state index contributed by atoms with van der Waals surface area (Å²) in [5, 5.41) is 0. The maximum Gasteiger partial charge on any atom is 0.159 e. The lowest BCUT2D eigenvalue weighted by atomic mass is 10.0. The Bertz CT molecular complexity index is 711. The van der Waals surface area contributed by atoms with Gasteiger partial charge in [0.1, 0.15) is 6.17 Å². The molecular weight excluding hydrogens is 407 g/mol. The molecule has 1 aromatic heterocycles. The van der Waals surface area contributed by atoms with Crippen molar-refractivity contribution in [3.8, 4) is 11.4 Å². The average molecular weight is 455 g/mol. The maximum absolute atomic E-state index is 14.0. The molecule has 2 nitrogen and oxygen atoms in total. The van der Waals surface area contributed by atoms with Gasteiger partial charge < -0.3 is 0 Å². The van der Waals surface area contributed by atoms with Crippen LogP contribution in [0.2, 0.25) is 0 Å². The summed E-state index contributed by atoms with van der Waals surface area (Å²) >= 11 is 0. The van der Waals surface area contributed by atoms with E-state index in [0.29, 0.717) is 6.42 Å². The van der Waals surface area contributed by atoms with Gasteiger partial charge in [-0.2, -0.15) is 0 Å². The zero-order valence-electron chi connectivity index (χ0n) is 21.3. The van der Waals surface area contributed by atoms with E-state index < -0.39 is 6.17 Å². The van der Waals surface area contributed by atoms with Crippen LogP contribution in [0.15, 0.2) is 36.7 Å². The third-order valence-electron chi connectivity index (χ3n) is 6.59. The second-order valence-corrected chi connectivity index (χ2v) is 9.68. The summed E-state index contributed by atoms with van der Waals surface area (Å²) < 4.78 is 14.0. The quantitative estimate of drug-likeness (QED) is 0.197. The van der Waals surface area contributed by atoms with Gasteiger partial charge in [0, 0.05) is 18.0 Å². The number of unbranched alkanes of at least 4 members (excludes halogenated alkanes) is 10. The van der Waals surface area contributed by atoms with Gasteiger partial charge >= 0.3 is 0 Å². The molecule has 0 aliphatic rings. The van der Waals surface area contributed by atoms with Crippen LogP contribution in [0.25, 0.3) is 11.4 Å². The van der Waals surface area contributed by atoms with Crippen LogP contribution in [0.5, 0.6) is 0 Å². The summed E-state index contributed by atoms with van der Waals surface area (Å²) in [4.78, 5) is 9.19. The van der Waals surface area contributed by atoms with E-state index in [1.54, 1.807) is 0 Å². The van der Waals surface area contributed by atoms with Crippen LogP contribution in [0.3, 0.4) is 0 Å². The van der Waals surface area contributed by atoms with Crippen molar-refractivity contribution in [1.82, 2.24) is 9.97 Å². The number of rotatable bonds is 19. The fourth-order valence-corrected chi connectivity index (χ4v) is 4.38. The number of nitrogens with zero attached hydrogens (tertiary/aromatic N) is 2. The second kappa shape index (κ2) is 17.7. The first-order valence-electron chi connectivity index (χ1n) is 13.8. The first-order valence-corrected chi connectivity index (χ1v) is 13.8. The molecule has 0 saturated heterocycles. The molecule has 0 spiro atoms. The van der Waals surface area contributed by atoms with Crippen molar-refractivity contribution in [3.63, 3.8) is 0 Å². The van der Waals surface area contributed by atoms with Gasteiger partial charge in [0.05, 0.1) is 0 Å². The minimum Gasteiger partial charge on any atom is -0.247 e. The molecule has 0 N–H and O–H groups in total. The lowest BCUT2D eigenvalue weighted by Gasteiger charge is -2.08. The zero-order valence-corrected chi connectivity index (χ0v) is 21.3. The summed E-state index contributed by atoms with van der Waals surface area (Å²) in [6.45, 7) is 4.46. The van der Waals surface area contributed by atoms with E-state index in [9.17, 15) is 4.39 Å². The molecule has 3 heteroatoms. The molecule has 33 heavy (non-hydrogen) atoms. The van der Waals surface area contributed by atoms with Crippen molar-refractivity contribution in [3.05, 3.63) is 47.8 Å². The van der Waals surface area contributed by atoms with Crippen LogP contribution in [0.4, 0.5) is 4.39 Å². The lowest BCUT2D eigenvalue weighted by Crippen LogP contribution is -2.01. The molecule has 2 rings (SSSR count). The van der Waals surface area contributed by atoms with Crippen molar-refractivity contribution in [2.75, 3.05) is 0 Å². The van der Waals surface area contributed by atoms with E-state index in [-0.39, 0.29) is 0 Å². The van der Waals surface area contributed by atoms with Crippen molar-refractivity contribution >= 4 is 0 Å². The van der Waals surface area contributed by atoms with Crippen molar-refractivity contribution < 1.29 is 4.39 Å². The molecule has 0 aliphatic heterocycles. The Morgan fingerprint density at radius 3 is 1.76 bits per heavy atom. The Kier molecular flexibility index (Phi) is 14.7. The Labute approximate surface area is 202 Å². The minimum absolute atomic E-state index is 0.640. The van der Waals surface area contributed by atoms with Gasteiger partial charge in [-0.3, -0.25) is 0 Å². The van der Waals surface area contributed by atoms with Crippen LogP contribution in [0, 0.1) is 0 Å². The smallest absolute Gasteiger partial charge is 0.159 e. The number of aryl methyl sites for hydroxylation is 2. The number of hydrogen-bond donors (Lipinski definition) is 0. The van der Waals surface area contributed by atoms with Crippen LogP contribution >= 0.6 is 0 Å². The normalized spacial score (nSPS) is 12.2. The number of hydrogen-bond acceptors (Lipinski definition) is 2. The topological polar surface area (TPSA) is 25.8 Å². The van der Waals surface area contributed by atoms with E-state index in [1.165, 1.54) is 81.8 Å². The Hall–Kier alpha value is -1.77. The highest BCUT2D eigenvalue weighted by atomic mass is 19.1. The maximum atomic E-state index is 14.0. The molecule has 0 bridgehead atoms. The highest BCUT2D eigenvalue weighted by Crippen LogP contribution is 2.19. The first-order chi connectivity index (χ1) is 16.2. The summed E-state index contributed by atoms with van der Waals surface area (Å²) in [6.07, 6.45) is 23.0. The highest BCUT2D eigenvalue weighted by Gasteiger charge is 2.07. The molecule has 2 aromatic rings. The van der Waals surface area contributed by atoms with Gasteiger partial charge in [-0.05, 0) is 49.7 Å². The number of alkyl halides is 1. The van der Waals surface area contributed by atoms with E-state index in [0.717, 1.165) is 43.5 Å². The Morgan fingerprint density at radius 2 is 1.12 bits per heavy atom. The summed E-state index contributed by atoms with van der Waals surface area (Å²) in [6, 6.07) is 8.48. The summed E-state index contributed by atoms with van der Waals surface area (Å²) in [7, 11) is 0. The van der Waals surface area contributed by atoms with E-state index in [1.807, 2.05) is 12.4 Å². The van der Waals surface area contributed by atoms with Crippen LogP contribution in [-0.4, -0.2) is 16.1 Å². The Balaban J connectivity index is 1.64. The molecule has 0 aliphatic carbocycles. The highest BCUT2D eigenvalue weighted by molar-refractivity contribution is 5.55. The molecule has 0 saturated carbocycles. The molecule has 0 radical (unpaired) electrons. The monoisotopic (exact) mass is 454 g/mol. The largest absolute Gasteiger partial charge is 0.247 e. The predicted molar refractivity (Wildman–Crippen MR) is 140 cm³/mol. The number of aromatic nitrogens is 2. The van der Waals surface area contributed by atoms with Crippen molar-refractivity contribution in [2.24, 2.45) is 0 Å². The van der Waals surface area contributed by atoms with Gasteiger partial charge in [0.25, 0.3) is 0 Å². The molecule has 184 valence electrons. The molecule has 1 heterocycles. The molecule has 0 unspecified atom stereocenters. The van der Waals surface area contributed by atoms with Gasteiger partial charge in [-0.1, -0.05) is 109 Å². The second-order valence-electron chi connectivity index (χ2n) is 9.68. The number of benzene rings is 1. The van der Waals surface area contributed by atoms with E-state index >= 15 is 0 Å². The van der Waals surface area contributed by atoms with E-state index in [4.69, 9.17) is 0 Å². The van der Waals surface area contributed by atoms with E-state index in [2.05, 4.69) is 48.1 Å². The molecule has 0 fully saturated rings. The van der Waals surface area contributed by atoms with Gasteiger partial charge in [0.2, 0.25) is 0 Å².